The van der Waals surface area contributed by atoms with Crippen molar-refractivity contribution in [3.8, 4) is 5.75 Å². The molecule has 1 fully saturated rings. The molecule has 0 radical (unpaired) electrons. The van der Waals surface area contributed by atoms with E-state index in [-0.39, 0.29) is 34.0 Å². The van der Waals surface area contributed by atoms with E-state index in [2.05, 4.69) is 9.71 Å². The van der Waals surface area contributed by atoms with Gasteiger partial charge in [-0.2, -0.15) is 0 Å². The minimum Gasteiger partial charge on any atom is -0.482 e. The fourth-order valence-corrected chi connectivity index (χ4v) is 4.06. The Bertz CT molecular complexity index is 961. The molecule has 10 heteroatoms. The van der Waals surface area contributed by atoms with E-state index in [0.29, 0.717) is 32.0 Å². The molecule has 0 aliphatic carbocycles. The summed E-state index contributed by atoms with van der Waals surface area (Å²) in [6, 6.07) is 9.18. The molecule has 0 atom stereocenters. The number of aromatic nitrogens is 1. The van der Waals surface area contributed by atoms with E-state index in [1.54, 1.807) is 24.0 Å². The SMILES string of the molecule is Cc1cccc(NS(=O)(=O)c2cc(Cl)ccc2OCC(=O)N2CCOCC2)n1. The fourth-order valence-electron chi connectivity index (χ4n) is 2.65. The van der Waals surface area contributed by atoms with Gasteiger partial charge in [-0.3, -0.25) is 9.52 Å². The van der Waals surface area contributed by atoms with Crippen LogP contribution in [0.25, 0.3) is 0 Å². The first kappa shape index (κ1) is 20.4. The third-order valence-electron chi connectivity index (χ3n) is 4.04. The lowest BCUT2D eigenvalue weighted by Crippen LogP contribution is -2.43. The Hall–Kier alpha value is -2.36. The van der Waals surface area contributed by atoms with E-state index in [4.69, 9.17) is 21.1 Å². The highest BCUT2D eigenvalue weighted by atomic mass is 35.5. The van der Waals surface area contributed by atoms with Crippen LogP contribution in [-0.4, -0.2) is 57.1 Å². The Kier molecular flexibility index (Phi) is 6.38. The third-order valence-corrected chi connectivity index (χ3v) is 5.65. The topological polar surface area (TPSA) is 97.8 Å². The summed E-state index contributed by atoms with van der Waals surface area (Å²) in [5, 5.41) is 0.226. The number of anilines is 1. The number of rotatable bonds is 6. The second-order valence-corrected chi connectivity index (χ2v) is 8.23. The van der Waals surface area contributed by atoms with Gasteiger partial charge < -0.3 is 14.4 Å². The number of nitrogens with zero attached hydrogens (tertiary/aromatic N) is 2. The molecule has 1 amide bonds. The number of sulfonamides is 1. The van der Waals surface area contributed by atoms with E-state index in [1.165, 1.54) is 24.3 Å². The average Bonchev–Trinajstić information content (AvgIpc) is 2.67. The summed E-state index contributed by atoms with van der Waals surface area (Å²) in [5.74, 6) is -0.0311. The van der Waals surface area contributed by atoms with Gasteiger partial charge in [-0.25, -0.2) is 13.4 Å². The van der Waals surface area contributed by atoms with Crippen molar-refractivity contribution in [1.29, 1.82) is 0 Å². The zero-order valence-electron chi connectivity index (χ0n) is 15.2. The second kappa shape index (κ2) is 8.76. The summed E-state index contributed by atoms with van der Waals surface area (Å²) >= 11 is 5.98. The van der Waals surface area contributed by atoms with E-state index < -0.39 is 10.0 Å². The standard InChI is InChI=1S/C18H20ClN3O5S/c1-13-3-2-4-17(20-13)21-28(24,25)16-11-14(19)5-6-15(16)27-12-18(23)22-7-9-26-10-8-22/h2-6,11H,7-10,12H2,1H3,(H,20,21). The zero-order chi connectivity index (χ0) is 20.1. The van der Waals surface area contributed by atoms with Crippen LogP contribution in [0.15, 0.2) is 41.3 Å². The second-order valence-electron chi connectivity index (χ2n) is 6.14. The number of pyridine rings is 1. The average molecular weight is 426 g/mol. The summed E-state index contributed by atoms with van der Waals surface area (Å²) in [6.45, 7) is 3.37. The predicted octanol–water partition coefficient (Wildman–Crippen LogP) is 2.08. The molecule has 1 N–H and O–H groups in total. The van der Waals surface area contributed by atoms with Crippen molar-refractivity contribution < 1.29 is 22.7 Å². The molecule has 3 rings (SSSR count). The number of ether oxygens (including phenoxy) is 2. The monoisotopic (exact) mass is 425 g/mol. The van der Waals surface area contributed by atoms with Gasteiger partial charge in [0.25, 0.3) is 15.9 Å². The minimum atomic E-state index is -4.02. The van der Waals surface area contributed by atoms with Crippen molar-refractivity contribution in [2.75, 3.05) is 37.6 Å². The first-order valence-corrected chi connectivity index (χ1v) is 10.5. The minimum absolute atomic E-state index is 0.0335. The Morgan fingerprint density at radius 1 is 1.29 bits per heavy atom. The highest BCUT2D eigenvalue weighted by Crippen LogP contribution is 2.29. The number of aryl methyl sites for hydroxylation is 1. The number of nitrogens with one attached hydrogen (secondary N) is 1. The lowest BCUT2D eigenvalue weighted by Gasteiger charge is -2.26. The van der Waals surface area contributed by atoms with Crippen molar-refractivity contribution in [3.05, 3.63) is 47.1 Å². The predicted molar refractivity (Wildman–Crippen MR) is 104 cm³/mol. The summed E-state index contributed by atoms with van der Waals surface area (Å²) < 4.78 is 38.8. The normalized spacial score (nSPS) is 14.6. The molecule has 2 aromatic rings. The number of hydrogen-bond acceptors (Lipinski definition) is 6. The fraction of sp³-hybridized carbons (Fsp3) is 0.333. The van der Waals surface area contributed by atoms with Crippen LogP contribution in [0.3, 0.4) is 0 Å². The van der Waals surface area contributed by atoms with Crippen LogP contribution < -0.4 is 9.46 Å². The number of hydrogen-bond donors (Lipinski definition) is 1. The van der Waals surface area contributed by atoms with Gasteiger partial charge in [0, 0.05) is 23.8 Å². The molecule has 1 saturated heterocycles. The van der Waals surface area contributed by atoms with E-state index in [1.807, 2.05) is 0 Å². The first-order valence-electron chi connectivity index (χ1n) is 8.59. The third kappa shape index (κ3) is 5.12. The van der Waals surface area contributed by atoms with Crippen molar-refractivity contribution in [1.82, 2.24) is 9.88 Å². The van der Waals surface area contributed by atoms with E-state index in [0.717, 1.165) is 0 Å². The van der Waals surface area contributed by atoms with Crippen LogP contribution in [-0.2, 0) is 19.6 Å². The van der Waals surface area contributed by atoms with Crippen molar-refractivity contribution in [3.63, 3.8) is 0 Å². The molecule has 1 aromatic heterocycles. The van der Waals surface area contributed by atoms with Gasteiger partial charge in [0.05, 0.1) is 13.2 Å². The van der Waals surface area contributed by atoms with Gasteiger partial charge in [0.15, 0.2) is 6.61 Å². The summed E-state index contributed by atoms with van der Waals surface area (Å²) in [6.07, 6.45) is 0. The number of amides is 1. The van der Waals surface area contributed by atoms with Gasteiger partial charge in [0.2, 0.25) is 0 Å². The molecular weight excluding hydrogens is 406 g/mol. The molecule has 0 bridgehead atoms. The molecule has 0 unspecified atom stereocenters. The maximum atomic E-state index is 12.8. The number of carbonyl (C=O) groups is 1. The largest absolute Gasteiger partial charge is 0.482 e. The summed E-state index contributed by atoms with van der Waals surface area (Å²) in [7, 11) is -4.02. The van der Waals surface area contributed by atoms with Crippen molar-refractivity contribution >= 4 is 33.3 Å². The molecular formula is C18H20ClN3O5S. The molecule has 1 aliphatic rings. The van der Waals surface area contributed by atoms with Gasteiger partial charge in [-0.1, -0.05) is 17.7 Å². The molecule has 1 aromatic carbocycles. The molecule has 8 nitrogen and oxygen atoms in total. The number of halogens is 1. The molecule has 28 heavy (non-hydrogen) atoms. The van der Waals surface area contributed by atoms with E-state index in [9.17, 15) is 13.2 Å². The molecule has 0 saturated carbocycles. The Morgan fingerprint density at radius 3 is 2.75 bits per heavy atom. The van der Waals surface area contributed by atoms with Gasteiger partial charge in [-0.05, 0) is 37.3 Å². The molecule has 1 aliphatic heterocycles. The first-order chi connectivity index (χ1) is 13.3. The van der Waals surface area contributed by atoms with E-state index >= 15 is 0 Å². The number of benzene rings is 1. The van der Waals surface area contributed by atoms with Crippen LogP contribution in [0.5, 0.6) is 5.75 Å². The van der Waals surface area contributed by atoms with Gasteiger partial charge in [-0.15, -0.1) is 0 Å². The van der Waals surface area contributed by atoms with Crippen LogP contribution in [0.4, 0.5) is 5.82 Å². The highest BCUT2D eigenvalue weighted by molar-refractivity contribution is 7.92. The van der Waals surface area contributed by atoms with Crippen LogP contribution >= 0.6 is 11.6 Å². The molecule has 150 valence electrons. The highest BCUT2D eigenvalue weighted by Gasteiger charge is 2.23. The van der Waals surface area contributed by atoms with Crippen LogP contribution in [0.1, 0.15) is 5.69 Å². The lowest BCUT2D eigenvalue weighted by atomic mass is 10.3. The maximum Gasteiger partial charge on any atom is 0.266 e. The Balaban J connectivity index is 1.78. The number of carbonyl (C=O) groups excluding carboxylic acids is 1. The maximum absolute atomic E-state index is 12.8. The molecule has 2 heterocycles. The number of morpholine rings is 1. The summed E-state index contributed by atoms with van der Waals surface area (Å²) in [5.41, 5.74) is 0.666. The molecule has 0 spiro atoms. The van der Waals surface area contributed by atoms with Crippen LogP contribution in [0.2, 0.25) is 5.02 Å². The smallest absolute Gasteiger partial charge is 0.266 e. The lowest BCUT2D eigenvalue weighted by molar-refractivity contribution is -0.137. The zero-order valence-corrected chi connectivity index (χ0v) is 16.8. The Labute approximate surface area is 168 Å². The quantitative estimate of drug-likeness (QED) is 0.760. The van der Waals surface area contributed by atoms with Crippen molar-refractivity contribution in [2.24, 2.45) is 0 Å². The van der Waals surface area contributed by atoms with Gasteiger partial charge in [0.1, 0.15) is 16.5 Å². The summed E-state index contributed by atoms with van der Waals surface area (Å²) in [4.78, 5) is 17.9. The van der Waals surface area contributed by atoms with Crippen molar-refractivity contribution in [2.45, 2.75) is 11.8 Å². The Morgan fingerprint density at radius 2 is 2.04 bits per heavy atom. The van der Waals surface area contributed by atoms with Gasteiger partial charge >= 0.3 is 0 Å². The van der Waals surface area contributed by atoms with Crippen LogP contribution in [0, 0.1) is 6.92 Å².